The van der Waals surface area contributed by atoms with E-state index in [9.17, 15) is 4.79 Å². The van der Waals surface area contributed by atoms with Crippen molar-refractivity contribution in [3.63, 3.8) is 0 Å². The fraction of sp³-hybridized carbons (Fsp3) is 0.562. The van der Waals surface area contributed by atoms with Crippen LogP contribution in [0.4, 0.5) is 4.79 Å². The van der Waals surface area contributed by atoms with Crippen molar-refractivity contribution in [1.82, 2.24) is 19.4 Å². The van der Waals surface area contributed by atoms with E-state index >= 15 is 0 Å². The summed E-state index contributed by atoms with van der Waals surface area (Å²) in [6.07, 6.45) is 4.44. The van der Waals surface area contributed by atoms with Gasteiger partial charge in [0.15, 0.2) is 0 Å². The van der Waals surface area contributed by atoms with Crippen molar-refractivity contribution in [3.8, 4) is 0 Å². The molecule has 1 saturated heterocycles. The Hall–Kier alpha value is -1.82. The fourth-order valence-corrected chi connectivity index (χ4v) is 2.98. The Labute approximate surface area is 140 Å². The Morgan fingerprint density at radius 3 is 3.00 bits per heavy atom. The normalized spacial score (nSPS) is 18.6. The number of carbonyl (C=O) groups excluding carboxylic acids is 1. The Morgan fingerprint density at radius 2 is 2.26 bits per heavy atom. The van der Waals surface area contributed by atoms with Gasteiger partial charge in [-0.1, -0.05) is 0 Å². The van der Waals surface area contributed by atoms with Crippen molar-refractivity contribution < 1.29 is 9.53 Å². The zero-order chi connectivity index (χ0) is 16.6. The van der Waals surface area contributed by atoms with Crippen molar-refractivity contribution in [2.24, 2.45) is 5.92 Å². The number of carbonyl (C=O) groups is 1. The van der Waals surface area contributed by atoms with E-state index in [-0.39, 0.29) is 11.4 Å². The number of amides is 1. The number of likely N-dealkylation sites (tertiary alicyclic amines) is 1. The summed E-state index contributed by atoms with van der Waals surface area (Å²) in [6, 6.07) is 1.98. The van der Waals surface area contributed by atoms with Crippen LogP contribution in [-0.4, -0.2) is 44.2 Å². The maximum Gasteiger partial charge on any atom is 0.410 e. The van der Waals surface area contributed by atoms with Crippen LogP contribution in [0.1, 0.15) is 27.2 Å². The molecule has 0 spiro atoms. The molecule has 0 aliphatic carbocycles. The monoisotopic (exact) mass is 336 g/mol. The first-order valence-electron chi connectivity index (χ1n) is 7.77. The largest absolute Gasteiger partial charge is 0.444 e. The van der Waals surface area contributed by atoms with Crippen molar-refractivity contribution in [1.29, 1.82) is 0 Å². The summed E-state index contributed by atoms with van der Waals surface area (Å²) in [5, 5.41) is 1.22. The topological polar surface area (TPSA) is 60.2 Å². The summed E-state index contributed by atoms with van der Waals surface area (Å²) in [4.78, 5) is 22.2. The first-order chi connectivity index (χ1) is 10.8. The molecule has 7 heteroatoms. The predicted molar refractivity (Wildman–Crippen MR) is 88.5 cm³/mol. The summed E-state index contributed by atoms with van der Waals surface area (Å²) >= 11 is 5.89. The number of rotatable bonds is 2. The molecule has 124 valence electrons. The van der Waals surface area contributed by atoms with Gasteiger partial charge in [-0.05, 0) is 50.8 Å². The molecule has 3 heterocycles. The van der Waals surface area contributed by atoms with Crippen LogP contribution in [0, 0.1) is 5.92 Å². The zero-order valence-electron chi connectivity index (χ0n) is 13.6. The number of hydrogen-bond acceptors (Lipinski definition) is 4. The summed E-state index contributed by atoms with van der Waals surface area (Å²) in [7, 11) is 0. The molecule has 2 aromatic heterocycles. The zero-order valence-corrected chi connectivity index (χ0v) is 14.4. The average molecular weight is 337 g/mol. The van der Waals surface area contributed by atoms with E-state index in [1.807, 2.05) is 33.0 Å². The highest BCUT2D eigenvalue weighted by Gasteiger charge is 2.30. The molecular formula is C16H21ClN4O2. The second-order valence-electron chi connectivity index (χ2n) is 6.97. The molecule has 6 nitrogen and oxygen atoms in total. The Morgan fingerprint density at radius 1 is 1.48 bits per heavy atom. The highest BCUT2D eigenvalue weighted by Crippen LogP contribution is 2.23. The minimum absolute atomic E-state index is 0.234. The van der Waals surface area contributed by atoms with Gasteiger partial charge < -0.3 is 14.2 Å². The maximum atomic E-state index is 12.1. The molecule has 0 saturated carbocycles. The van der Waals surface area contributed by atoms with E-state index in [1.54, 1.807) is 11.1 Å². The molecule has 2 aromatic rings. The molecule has 1 aliphatic heterocycles. The predicted octanol–water partition coefficient (Wildman–Crippen LogP) is 3.34. The Balaban J connectivity index is 1.65. The Bertz CT molecular complexity index is 722. The molecular weight excluding hydrogens is 316 g/mol. The molecule has 0 radical (unpaired) electrons. The summed E-state index contributed by atoms with van der Waals surface area (Å²) < 4.78 is 7.51. The number of hydrogen-bond donors (Lipinski definition) is 0. The second-order valence-corrected chi connectivity index (χ2v) is 7.31. The van der Waals surface area contributed by atoms with Gasteiger partial charge in [-0.2, -0.15) is 4.98 Å². The van der Waals surface area contributed by atoms with E-state index in [4.69, 9.17) is 16.3 Å². The van der Waals surface area contributed by atoms with Crippen LogP contribution in [-0.2, 0) is 11.3 Å². The van der Waals surface area contributed by atoms with Crippen LogP contribution in [0.25, 0.3) is 11.0 Å². The third kappa shape index (κ3) is 3.75. The van der Waals surface area contributed by atoms with Crippen LogP contribution >= 0.6 is 11.6 Å². The van der Waals surface area contributed by atoms with Gasteiger partial charge in [-0.15, -0.1) is 0 Å². The van der Waals surface area contributed by atoms with Crippen LogP contribution in [0.15, 0.2) is 18.5 Å². The third-order valence-corrected chi connectivity index (χ3v) is 4.05. The number of halogens is 1. The van der Waals surface area contributed by atoms with E-state index in [1.165, 1.54) is 0 Å². The van der Waals surface area contributed by atoms with Gasteiger partial charge in [0.25, 0.3) is 0 Å². The molecule has 0 aromatic carbocycles. The lowest BCUT2D eigenvalue weighted by Crippen LogP contribution is -2.35. The minimum Gasteiger partial charge on any atom is -0.444 e. The lowest BCUT2D eigenvalue weighted by atomic mass is 10.1. The molecule has 3 rings (SSSR count). The molecule has 1 unspecified atom stereocenters. The number of aromatic nitrogens is 3. The highest BCUT2D eigenvalue weighted by molar-refractivity contribution is 6.28. The van der Waals surface area contributed by atoms with Crippen LogP contribution < -0.4 is 0 Å². The standard InChI is InChI=1S/C16H21ClN4O2/c1-16(2,3)23-15(22)21-6-4-11(10-21)9-20-7-5-12-8-18-14(17)19-13(12)20/h5,7-8,11H,4,6,9-10H2,1-3H3. The van der Waals surface area contributed by atoms with Gasteiger partial charge in [-0.3, -0.25) is 0 Å². The minimum atomic E-state index is -0.459. The van der Waals surface area contributed by atoms with Crippen LogP contribution in [0.5, 0.6) is 0 Å². The average Bonchev–Trinajstić information content (AvgIpc) is 3.05. The van der Waals surface area contributed by atoms with Gasteiger partial charge in [0.05, 0.1) is 0 Å². The lowest BCUT2D eigenvalue weighted by molar-refractivity contribution is 0.0287. The fourth-order valence-electron chi connectivity index (χ4n) is 2.85. The van der Waals surface area contributed by atoms with Crippen LogP contribution in [0.3, 0.4) is 0 Å². The third-order valence-electron chi connectivity index (χ3n) is 3.87. The van der Waals surface area contributed by atoms with Crippen molar-refractivity contribution >= 4 is 28.7 Å². The molecule has 0 bridgehead atoms. The van der Waals surface area contributed by atoms with Crippen molar-refractivity contribution in [3.05, 3.63) is 23.7 Å². The van der Waals surface area contributed by atoms with E-state index in [0.717, 1.165) is 30.5 Å². The molecule has 1 aliphatic rings. The highest BCUT2D eigenvalue weighted by atomic mass is 35.5. The molecule has 1 amide bonds. The molecule has 0 N–H and O–H groups in total. The molecule has 23 heavy (non-hydrogen) atoms. The van der Waals surface area contributed by atoms with Gasteiger partial charge in [0.1, 0.15) is 11.2 Å². The SMILES string of the molecule is CC(C)(C)OC(=O)N1CCC(Cn2ccc3cnc(Cl)nc32)C1. The number of fused-ring (bicyclic) bond motifs is 1. The Kier molecular flexibility index (Phi) is 4.19. The van der Waals surface area contributed by atoms with Gasteiger partial charge in [0.2, 0.25) is 5.28 Å². The smallest absolute Gasteiger partial charge is 0.410 e. The van der Waals surface area contributed by atoms with Gasteiger partial charge in [-0.25, -0.2) is 9.78 Å². The summed E-state index contributed by atoms with van der Waals surface area (Å²) in [5.74, 6) is 0.381. The van der Waals surface area contributed by atoms with Crippen LogP contribution in [0.2, 0.25) is 5.28 Å². The number of nitrogens with zero attached hydrogens (tertiary/aromatic N) is 4. The molecule has 1 atom stereocenters. The molecule has 1 fully saturated rings. The maximum absolute atomic E-state index is 12.1. The van der Waals surface area contributed by atoms with Crippen molar-refractivity contribution in [2.45, 2.75) is 39.3 Å². The van der Waals surface area contributed by atoms with E-state index in [0.29, 0.717) is 12.5 Å². The summed E-state index contributed by atoms with van der Waals surface area (Å²) in [6.45, 7) is 7.88. The summed E-state index contributed by atoms with van der Waals surface area (Å²) in [5.41, 5.74) is 0.375. The van der Waals surface area contributed by atoms with Crippen molar-refractivity contribution in [2.75, 3.05) is 13.1 Å². The number of ether oxygens (including phenoxy) is 1. The first-order valence-corrected chi connectivity index (χ1v) is 8.15. The quantitative estimate of drug-likeness (QED) is 0.789. The van der Waals surface area contributed by atoms with Gasteiger partial charge >= 0.3 is 6.09 Å². The van der Waals surface area contributed by atoms with E-state index in [2.05, 4.69) is 14.5 Å². The second kappa shape index (κ2) is 6.00. The first kappa shape index (κ1) is 16.1. The lowest BCUT2D eigenvalue weighted by Gasteiger charge is -2.24. The van der Waals surface area contributed by atoms with Gasteiger partial charge in [0, 0.05) is 37.4 Å². The van der Waals surface area contributed by atoms with E-state index < -0.39 is 5.60 Å².